The van der Waals surface area contributed by atoms with E-state index in [1.54, 1.807) is 23.0 Å². The number of nitrogens with zero attached hydrogens (tertiary/aromatic N) is 2. The van der Waals surface area contributed by atoms with Crippen LogP contribution in [0.25, 0.3) is 5.69 Å². The number of hydrogen-bond acceptors (Lipinski definition) is 4. The molecule has 1 aromatic heterocycles. The number of ether oxygens (including phenoxy) is 2. The second-order valence-electron chi connectivity index (χ2n) is 3.88. The Morgan fingerprint density at radius 3 is 2.63 bits per heavy atom. The number of carbonyl (C=O) groups is 1. The molecule has 0 N–H and O–H groups in total. The molecule has 0 atom stereocenters. The molecule has 0 spiro atoms. The van der Waals surface area contributed by atoms with E-state index in [2.05, 4.69) is 5.10 Å². The summed E-state index contributed by atoms with van der Waals surface area (Å²) in [5.41, 5.74) is 1.82. The molecule has 0 unspecified atom stereocenters. The minimum Gasteiger partial charge on any atom is -0.494 e. The number of benzene rings is 1. The number of hydrogen-bond donors (Lipinski definition) is 0. The van der Waals surface area contributed by atoms with Crippen molar-refractivity contribution in [2.24, 2.45) is 0 Å². The van der Waals surface area contributed by atoms with E-state index in [9.17, 15) is 4.79 Å². The van der Waals surface area contributed by atoms with Crippen molar-refractivity contribution in [3.63, 3.8) is 0 Å². The fraction of sp³-hybridized carbons (Fsp3) is 0.231. The highest BCUT2D eigenvalue weighted by Gasteiger charge is 2.17. The molecule has 100 valence electrons. The number of aromatic nitrogens is 2. The summed E-state index contributed by atoms with van der Waals surface area (Å²) in [5.74, 6) is 0.0307. The van der Waals surface area contributed by atoms with Gasteiger partial charge in [0.25, 0.3) is 0 Å². The summed E-state index contributed by atoms with van der Waals surface area (Å²) < 4.78 is 11.6. The van der Waals surface area contributed by atoms with Crippen LogP contribution in [-0.2, 0) is 4.74 Å². The highest BCUT2D eigenvalue weighted by atomic mass is 35.5. The molecule has 0 bridgehead atoms. The molecule has 0 aliphatic heterocycles. The van der Waals surface area contributed by atoms with Gasteiger partial charge in [-0.05, 0) is 19.1 Å². The quantitative estimate of drug-likeness (QED) is 0.811. The fourth-order valence-electron chi connectivity index (χ4n) is 1.76. The second-order valence-corrected chi connectivity index (χ2v) is 4.29. The van der Waals surface area contributed by atoms with Crippen molar-refractivity contribution in [2.75, 3.05) is 14.2 Å². The molecular formula is C13H13ClN2O3. The average Bonchev–Trinajstić information content (AvgIpc) is 2.83. The molecule has 0 saturated carbocycles. The molecule has 2 rings (SSSR count). The van der Waals surface area contributed by atoms with Crippen LogP contribution in [0.4, 0.5) is 0 Å². The van der Waals surface area contributed by atoms with Crippen molar-refractivity contribution in [3.8, 4) is 11.4 Å². The van der Waals surface area contributed by atoms with Crippen LogP contribution in [-0.4, -0.2) is 30.0 Å². The first-order valence-corrected chi connectivity index (χ1v) is 5.93. The number of rotatable bonds is 3. The number of aryl methyl sites for hydroxylation is 1. The highest BCUT2D eigenvalue weighted by Crippen LogP contribution is 2.30. The predicted molar refractivity (Wildman–Crippen MR) is 71.2 cm³/mol. The molecule has 1 aromatic carbocycles. The number of esters is 1. The van der Waals surface area contributed by atoms with Crippen LogP contribution in [0, 0.1) is 6.92 Å². The van der Waals surface area contributed by atoms with Gasteiger partial charge in [-0.15, -0.1) is 0 Å². The molecule has 19 heavy (non-hydrogen) atoms. The van der Waals surface area contributed by atoms with E-state index in [0.29, 0.717) is 11.4 Å². The third kappa shape index (κ3) is 2.42. The molecular weight excluding hydrogens is 268 g/mol. The number of halogens is 1. The number of carbonyl (C=O) groups excluding carboxylic acids is 1. The Bertz CT molecular complexity index is 622. The molecule has 0 fully saturated rings. The summed E-state index contributed by atoms with van der Waals surface area (Å²) in [7, 11) is 2.84. The van der Waals surface area contributed by atoms with Gasteiger partial charge in [0.1, 0.15) is 11.4 Å². The Morgan fingerprint density at radius 2 is 2.11 bits per heavy atom. The molecule has 0 aliphatic rings. The van der Waals surface area contributed by atoms with Crippen molar-refractivity contribution >= 4 is 17.6 Å². The molecule has 0 amide bonds. The van der Waals surface area contributed by atoms with Gasteiger partial charge in [-0.2, -0.15) is 5.10 Å². The number of methoxy groups -OCH3 is 2. The monoisotopic (exact) mass is 280 g/mol. The Hall–Kier alpha value is -2.01. The maximum absolute atomic E-state index is 11.7. The van der Waals surface area contributed by atoms with Crippen molar-refractivity contribution in [3.05, 3.63) is 40.7 Å². The van der Waals surface area contributed by atoms with E-state index in [1.165, 1.54) is 14.2 Å². The zero-order valence-corrected chi connectivity index (χ0v) is 11.6. The molecule has 1 heterocycles. The maximum atomic E-state index is 11.7. The minimum absolute atomic E-state index is 0.273. The van der Waals surface area contributed by atoms with Crippen LogP contribution in [0.1, 0.15) is 16.1 Å². The molecule has 5 nitrogen and oxygen atoms in total. The van der Waals surface area contributed by atoms with Crippen LogP contribution < -0.4 is 4.74 Å². The highest BCUT2D eigenvalue weighted by molar-refractivity contribution is 6.33. The molecule has 2 aromatic rings. The van der Waals surface area contributed by atoms with Crippen LogP contribution in [0.15, 0.2) is 24.4 Å². The maximum Gasteiger partial charge on any atom is 0.339 e. The largest absolute Gasteiger partial charge is 0.494 e. The molecule has 6 heteroatoms. The van der Waals surface area contributed by atoms with Crippen molar-refractivity contribution in [1.82, 2.24) is 9.78 Å². The van der Waals surface area contributed by atoms with E-state index in [1.807, 2.05) is 13.0 Å². The van der Waals surface area contributed by atoms with Gasteiger partial charge in [-0.25, -0.2) is 9.48 Å². The van der Waals surface area contributed by atoms with Gasteiger partial charge in [0.05, 0.1) is 24.8 Å². The lowest BCUT2D eigenvalue weighted by Gasteiger charge is -2.13. The first kappa shape index (κ1) is 13.4. The van der Waals surface area contributed by atoms with Gasteiger partial charge in [0.15, 0.2) is 0 Å². The summed E-state index contributed by atoms with van der Waals surface area (Å²) >= 11 is 6.04. The molecule has 0 radical (unpaired) electrons. The Kier molecular flexibility index (Phi) is 3.76. The van der Waals surface area contributed by atoms with Crippen LogP contribution >= 0.6 is 11.6 Å². The first-order chi connectivity index (χ1) is 9.08. The average molecular weight is 281 g/mol. The van der Waals surface area contributed by atoms with Gasteiger partial charge in [0, 0.05) is 18.0 Å². The fourth-order valence-corrected chi connectivity index (χ4v) is 1.99. The third-order valence-electron chi connectivity index (χ3n) is 2.73. The summed E-state index contributed by atoms with van der Waals surface area (Å²) in [6.45, 7) is 1.90. The third-order valence-corrected chi connectivity index (χ3v) is 3.05. The summed E-state index contributed by atoms with van der Waals surface area (Å²) in [5, 5.41) is 4.47. The van der Waals surface area contributed by atoms with Gasteiger partial charge < -0.3 is 9.47 Å². The van der Waals surface area contributed by atoms with Gasteiger partial charge in [-0.1, -0.05) is 11.6 Å². The minimum atomic E-state index is -0.501. The van der Waals surface area contributed by atoms with E-state index in [4.69, 9.17) is 21.1 Å². The van der Waals surface area contributed by atoms with Crippen molar-refractivity contribution in [2.45, 2.75) is 6.92 Å². The SMILES string of the molecule is COC(=O)c1cc(-n2nccc2C)c(OC)cc1Cl. The Balaban J connectivity index is 2.65. The van der Waals surface area contributed by atoms with E-state index >= 15 is 0 Å². The van der Waals surface area contributed by atoms with Crippen molar-refractivity contribution < 1.29 is 14.3 Å². The Morgan fingerprint density at radius 1 is 1.37 bits per heavy atom. The van der Waals surface area contributed by atoms with Gasteiger partial charge in [-0.3, -0.25) is 0 Å². The molecule has 0 aliphatic carbocycles. The predicted octanol–water partition coefficient (Wildman–Crippen LogP) is 2.63. The van der Waals surface area contributed by atoms with E-state index in [0.717, 1.165) is 5.69 Å². The van der Waals surface area contributed by atoms with Gasteiger partial charge in [0.2, 0.25) is 0 Å². The first-order valence-electron chi connectivity index (χ1n) is 5.55. The van der Waals surface area contributed by atoms with Crippen LogP contribution in [0.2, 0.25) is 5.02 Å². The molecule has 0 saturated heterocycles. The van der Waals surface area contributed by atoms with E-state index < -0.39 is 5.97 Å². The van der Waals surface area contributed by atoms with E-state index in [-0.39, 0.29) is 10.6 Å². The summed E-state index contributed by atoms with van der Waals surface area (Å²) in [4.78, 5) is 11.7. The second kappa shape index (κ2) is 5.32. The Labute approximate surface area is 115 Å². The lowest BCUT2D eigenvalue weighted by atomic mass is 10.2. The lowest BCUT2D eigenvalue weighted by Crippen LogP contribution is -2.07. The van der Waals surface area contributed by atoms with Crippen molar-refractivity contribution in [1.29, 1.82) is 0 Å². The summed E-state index contributed by atoms with van der Waals surface area (Å²) in [6, 6.07) is 5.03. The lowest BCUT2D eigenvalue weighted by molar-refractivity contribution is 0.0601. The smallest absolute Gasteiger partial charge is 0.339 e. The van der Waals surface area contributed by atoms with Crippen LogP contribution in [0.3, 0.4) is 0 Å². The topological polar surface area (TPSA) is 53.4 Å². The standard InChI is InChI=1S/C13H13ClN2O3/c1-8-4-5-15-16(8)11-6-9(13(17)19-3)10(14)7-12(11)18-2/h4-7H,1-3H3. The summed E-state index contributed by atoms with van der Waals surface area (Å²) in [6.07, 6.45) is 1.67. The normalized spacial score (nSPS) is 10.3. The zero-order valence-electron chi connectivity index (χ0n) is 10.8. The van der Waals surface area contributed by atoms with Crippen LogP contribution in [0.5, 0.6) is 5.75 Å². The van der Waals surface area contributed by atoms with Gasteiger partial charge >= 0.3 is 5.97 Å². The zero-order chi connectivity index (χ0) is 14.0.